The molecule has 0 aliphatic heterocycles. The fourth-order valence-electron chi connectivity index (χ4n) is 2.15. The lowest BCUT2D eigenvalue weighted by Gasteiger charge is -2.09. The van der Waals surface area contributed by atoms with Crippen LogP contribution in [0.1, 0.15) is 29.6 Å². The standard InChI is InChI=1S/C11H15NO/c1-12-7-8-6-11(13)10-5-3-2-4-9(8)10/h2-5,8,11-13H,6-7H2,1H3. The molecule has 13 heavy (non-hydrogen) atoms. The fourth-order valence-corrected chi connectivity index (χ4v) is 2.15. The highest BCUT2D eigenvalue weighted by Gasteiger charge is 2.28. The van der Waals surface area contributed by atoms with Crippen molar-refractivity contribution in [3.05, 3.63) is 35.4 Å². The lowest BCUT2D eigenvalue weighted by molar-refractivity contribution is 0.173. The molecule has 0 spiro atoms. The molecule has 2 heteroatoms. The minimum absolute atomic E-state index is 0.255. The first-order valence-electron chi connectivity index (χ1n) is 4.74. The van der Waals surface area contributed by atoms with Gasteiger partial charge in [0.25, 0.3) is 0 Å². The van der Waals surface area contributed by atoms with Gasteiger partial charge in [-0.15, -0.1) is 0 Å². The number of rotatable bonds is 2. The summed E-state index contributed by atoms with van der Waals surface area (Å²) in [5.74, 6) is 0.483. The Morgan fingerprint density at radius 3 is 2.77 bits per heavy atom. The Morgan fingerprint density at radius 2 is 2.08 bits per heavy atom. The van der Waals surface area contributed by atoms with Crippen LogP contribution < -0.4 is 5.32 Å². The summed E-state index contributed by atoms with van der Waals surface area (Å²) >= 11 is 0. The fraction of sp³-hybridized carbons (Fsp3) is 0.455. The third kappa shape index (κ3) is 1.47. The first-order chi connectivity index (χ1) is 6.33. The first kappa shape index (κ1) is 8.73. The van der Waals surface area contributed by atoms with Gasteiger partial charge in [-0.2, -0.15) is 0 Å². The van der Waals surface area contributed by atoms with Gasteiger partial charge in [0.2, 0.25) is 0 Å². The summed E-state index contributed by atoms with van der Waals surface area (Å²) in [5.41, 5.74) is 2.42. The molecule has 0 fully saturated rings. The maximum atomic E-state index is 9.75. The highest BCUT2D eigenvalue weighted by molar-refractivity contribution is 5.37. The number of hydrogen-bond acceptors (Lipinski definition) is 2. The van der Waals surface area contributed by atoms with E-state index in [1.807, 2.05) is 25.2 Å². The van der Waals surface area contributed by atoms with Gasteiger partial charge in [0.05, 0.1) is 6.10 Å². The van der Waals surface area contributed by atoms with Gasteiger partial charge in [-0.3, -0.25) is 0 Å². The molecule has 1 aliphatic carbocycles. The monoisotopic (exact) mass is 177 g/mol. The van der Waals surface area contributed by atoms with Crippen molar-refractivity contribution in [2.24, 2.45) is 0 Å². The Balaban J connectivity index is 2.30. The molecule has 0 radical (unpaired) electrons. The van der Waals surface area contributed by atoms with Crippen molar-refractivity contribution < 1.29 is 5.11 Å². The normalized spacial score (nSPS) is 26.0. The maximum absolute atomic E-state index is 9.75. The minimum Gasteiger partial charge on any atom is -0.388 e. The molecule has 1 aromatic rings. The van der Waals surface area contributed by atoms with Crippen molar-refractivity contribution in [2.75, 3.05) is 13.6 Å². The minimum atomic E-state index is -0.255. The van der Waals surface area contributed by atoms with Gasteiger partial charge in [0, 0.05) is 6.54 Å². The molecular formula is C11H15NO. The van der Waals surface area contributed by atoms with Crippen LogP contribution in [0.2, 0.25) is 0 Å². The molecule has 2 unspecified atom stereocenters. The molecule has 0 bridgehead atoms. The molecule has 1 aromatic carbocycles. The molecule has 0 saturated heterocycles. The summed E-state index contributed by atoms with van der Waals surface area (Å²) in [6, 6.07) is 8.17. The summed E-state index contributed by atoms with van der Waals surface area (Å²) < 4.78 is 0. The second kappa shape index (κ2) is 3.48. The van der Waals surface area contributed by atoms with Gasteiger partial charge in [0.1, 0.15) is 0 Å². The zero-order valence-electron chi connectivity index (χ0n) is 7.83. The van der Waals surface area contributed by atoms with Crippen LogP contribution in [0, 0.1) is 0 Å². The van der Waals surface area contributed by atoms with Crippen LogP contribution in [-0.2, 0) is 0 Å². The summed E-state index contributed by atoms with van der Waals surface area (Å²) in [4.78, 5) is 0. The number of nitrogens with one attached hydrogen (secondary N) is 1. The highest BCUT2D eigenvalue weighted by atomic mass is 16.3. The number of hydrogen-bond donors (Lipinski definition) is 2. The predicted molar refractivity (Wildman–Crippen MR) is 52.7 cm³/mol. The van der Waals surface area contributed by atoms with Crippen LogP contribution in [0.5, 0.6) is 0 Å². The Labute approximate surface area is 78.6 Å². The molecule has 1 aliphatic rings. The summed E-state index contributed by atoms with van der Waals surface area (Å²) in [6.07, 6.45) is 0.606. The molecule has 0 saturated carbocycles. The van der Waals surface area contributed by atoms with Gasteiger partial charge < -0.3 is 10.4 Å². The van der Waals surface area contributed by atoms with E-state index in [-0.39, 0.29) is 6.10 Å². The third-order valence-corrected chi connectivity index (χ3v) is 2.75. The number of benzene rings is 1. The van der Waals surface area contributed by atoms with Crippen molar-refractivity contribution in [1.82, 2.24) is 5.32 Å². The van der Waals surface area contributed by atoms with Crippen molar-refractivity contribution in [3.63, 3.8) is 0 Å². The summed E-state index contributed by atoms with van der Waals surface area (Å²) in [6.45, 7) is 0.952. The van der Waals surface area contributed by atoms with E-state index in [0.29, 0.717) is 5.92 Å². The van der Waals surface area contributed by atoms with Crippen LogP contribution >= 0.6 is 0 Å². The van der Waals surface area contributed by atoms with Gasteiger partial charge in [0.15, 0.2) is 0 Å². The van der Waals surface area contributed by atoms with E-state index >= 15 is 0 Å². The number of aliphatic hydroxyl groups excluding tert-OH is 1. The Morgan fingerprint density at radius 1 is 1.38 bits per heavy atom. The van der Waals surface area contributed by atoms with Crippen molar-refractivity contribution in [2.45, 2.75) is 18.4 Å². The number of aliphatic hydroxyl groups is 1. The number of fused-ring (bicyclic) bond motifs is 1. The zero-order chi connectivity index (χ0) is 9.26. The Hall–Kier alpha value is -0.860. The van der Waals surface area contributed by atoms with E-state index in [1.165, 1.54) is 5.56 Å². The first-order valence-corrected chi connectivity index (χ1v) is 4.74. The van der Waals surface area contributed by atoms with Crippen LogP contribution in [-0.4, -0.2) is 18.7 Å². The Bertz CT molecular complexity index is 298. The SMILES string of the molecule is CNCC1CC(O)c2ccccc21. The molecule has 2 rings (SSSR count). The summed E-state index contributed by atoms with van der Waals surface area (Å²) in [7, 11) is 1.95. The second-order valence-corrected chi connectivity index (χ2v) is 3.64. The van der Waals surface area contributed by atoms with E-state index in [2.05, 4.69) is 11.4 Å². The van der Waals surface area contributed by atoms with E-state index in [1.54, 1.807) is 0 Å². The maximum Gasteiger partial charge on any atom is 0.0799 e. The predicted octanol–water partition coefficient (Wildman–Crippen LogP) is 1.43. The average Bonchev–Trinajstić information content (AvgIpc) is 2.46. The number of likely N-dealkylation sites (N-methyl/N-ethyl adjacent to an activating group) is 1. The van der Waals surface area contributed by atoms with Crippen LogP contribution in [0.4, 0.5) is 0 Å². The molecule has 0 amide bonds. The van der Waals surface area contributed by atoms with Gasteiger partial charge >= 0.3 is 0 Å². The molecular weight excluding hydrogens is 162 g/mol. The molecule has 2 nitrogen and oxygen atoms in total. The van der Waals surface area contributed by atoms with Crippen molar-refractivity contribution in [3.8, 4) is 0 Å². The van der Waals surface area contributed by atoms with E-state index in [9.17, 15) is 5.11 Å². The topological polar surface area (TPSA) is 32.3 Å². The van der Waals surface area contributed by atoms with Gasteiger partial charge in [-0.1, -0.05) is 24.3 Å². The third-order valence-electron chi connectivity index (χ3n) is 2.75. The largest absolute Gasteiger partial charge is 0.388 e. The van der Waals surface area contributed by atoms with Gasteiger partial charge in [-0.25, -0.2) is 0 Å². The average molecular weight is 177 g/mol. The van der Waals surface area contributed by atoms with E-state index < -0.39 is 0 Å². The van der Waals surface area contributed by atoms with Gasteiger partial charge in [-0.05, 0) is 30.5 Å². The zero-order valence-corrected chi connectivity index (χ0v) is 7.83. The molecule has 2 N–H and O–H groups in total. The van der Waals surface area contributed by atoms with E-state index in [0.717, 1.165) is 18.5 Å². The Kier molecular flexibility index (Phi) is 2.34. The molecule has 0 aromatic heterocycles. The lowest BCUT2D eigenvalue weighted by atomic mass is 10.0. The van der Waals surface area contributed by atoms with E-state index in [4.69, 9.17) is 0 Å². The molecule has 70 valence electrons. The second-order valence-electron chi connectivity index (χ2n) is 3.64. The van der Waals surface area contributed by atoms with Crippen LogP contribution in [0.3, 0.4) is 0 Å². The van der Waals surface area contributed by atoms with Crippen molar-refractivity contribution >= 4 is 0 Å². The molecule has 0 heterocycles. The van der Waals surface area contributed by atoms with Crippen LogP contribution in [0.15, 0.2) is 24.3 Å². The summed E-state index contributed by atoms with van der Waals surface area (Å²) in [5, 5.41) is 12.9. The highest BCUT2D eigenvalue weighted by Crippen LogP contribution is 2.39. The molecule has 2 atom stereocenters. The van der Waals surface area contributed by atoms with Crippen molar-refractivity contribution in [1.29, 1.82) is 0 Å². The smallest absolute Gasteiger partial charge is 0.0799 e. The quantitative estimate of drug-likeness (QED) is 0.716. The van der Waals surface area contributed by atoms with Crippen LogP contribution in [0.25, 0.3) is 0 Å². The lowest BCUT2D eigenvalue weighted by Crippen LogP contribution is -2.15.